The van der Waals surface area contributed by atoms with Crippen LogP contribution in [0.5, 0.6) is 0 Å². The van der Waals surface area contributed by atoms with E-state index >= 15 is 0 Å². The topological polar surface area (TPSA) is 18.5 Å². The van der Waals surface area contributed by atoms with E-state index < -0.39 is 0 Å². The second-order valence-electron chi connectivity index (χ2n) is 8.50. The van der Waals surface area contributed by atoms with Crippen molar-refractivity contribution in [1.29, 1.82) is 0 Å². The molecule has 0 radical (unpaired) electrons. The summed E-state index contributed by atoms with van der Waals surface area (Å²) in [6.45, 7) is 2.22. The van der Waals surface area contributed by atoms with Crippen molar-refractivity contribution in [1.82, 2.24) is 10.2 Å². The van der Waals surface area contributed by atoms with Gasteiger partial charge in [-0.15, -0.1) is 11.8 Å². The minimum Gasteiger partial charge on any atom is -0.365 e. The van der Waals surface area contributed by atoms with Crippen molar-refractivity contribution in [3.05, 3.63) is 83.8 Å². The maximum Gasteiger partial charge on any atom is 0.0634 e. The number of benzene rings is 1. The van der Waals surface area contributed by atoms with Crippen molar-refractivity contribution >= 4 is 17.4 Å². The molecule has 0 saturated carbocycles. The van der Waals surface area contributed by atoms with Gasteiger partial charge in [0.05, 0.1) is 17.0 Å². The number of rotatable bonds is 5. The number of para-hydroxylation sites is 1. The number of thioether (sulfide) groups is 1. The molecule has 0 spiro atoms. The third kappa shape index (κ3) is 3.72. The molecular formula is C25H29N3S. The van der Waals surface area contributed by atoms with Gasteiger partial charge in [-0.2, -0.15) is 0 Å². The molecule has 3 atom stereocenters. The van der Waals surface area contributed by atoms with Gasteiger partial charge in [0.15, 0.2) is 0 Å². The monoisotopic (exact) mass is 403 g/mol. The average molecular weight is 404 g/mol. The summed E-state index contributed by atoms with van der Waals surface area (Å²) < 4.78 is 0. The molecule has 5 rings (SSSR count). The van der Waals surface area contributed by atoms with Gasteiger partial charge in [0.1, 0.15) is 0 Å². The lowest BCUT2D eigenvalue weighted by Gasteiger charge is -2.43. The fourth-order valence-corrected chi connectivity index (χ4v) is 6.05. The average Bonchev–Trinajstić information content (AvgIpc) is 3.20. The van der Waals surface area contributed by atoms with E-state index in [1.54, 1.807) is 0 Å². The van der Waals surface area contributed by atoms with Crippen molar-refractivity contribution < 1.29 is 0 Å². The summed E-state index contributed by atoms with van der Waals surface area (Å²) in [6, 6.07) is 9.35. The third-order valence-electron chi connectivity index (χ3n) is 6.21. The van der Waals surface area contributed by atoms with Gasteiger partial charge in [-0.25, -0.2) is 0 Å². The maximum atomic E-state index is 3.36. The highest BCUT2D eigenvalue weighted by atomic mass is 32.2. The molecule has 1 N–H and O–H groups in total. The number of nitrogens with zero attached hydrogens (tertiary/aromatic N) is 2. The molecule has 150 valence electrons. The largest absolute Gasteiger partial charge is 0.365 e. The molecule has 2 aliphatic heterocycles. The van der Waals surface area contributed by atoms with Crippen LogP contribution in [0, 0.1) is 5.92 Å². The quantitative estimate of drug-likeness (QED) is 0.766. The summed E-state index contributed by atoms with van der Waals surface area (Å²) in [5.41, 5.74) is 5.59. The lowest BCUT2D eigenvalue weighted by atomic mass is 9.86. The van der Waals surface area contributed by atoms with Gasteiger partial charge in [-0.3, -0.25) is 0 Å². The molecule has 3 unspecified atom stereocenters. The summed E-state index contributed by atoms with van der Waals surface area (Å²) in [5, 5.41) is 3.82. The van der Waals surface area contributed by atoms with Crippen LogP contribution in [0.2, 0.25) is 0 Å². The van der Waals surface area contributed by atoms with E-state index in [4.69, 9.17) is 0 Å². The number of allylic oxidation sites excluding steroid dienone is 6. The van der Waals surface area contributed by atoms with Crippen LogP contribution in [0.4, 0.5) is 5.69 Å². The summed E-state index contributed by atoms with van der Waals surface area (Å²) in [7, 11) is 4.32. The smallest absolute Gasteiger partial charge is 0.0634 e. The molecule has 4 aliphatic rings. The van der Waals surface area contributed by atoms with E-state index in [2.05, 4.69) is 96.1 Å². The molecule has 0 saturated heterocycles. The molecule has 1 aromatic rings. The van der Waals surface area contributed by atoms with E-state index in [0.29, 0.717) is 17.2 Å². The van der Waals surface area contributed by atoms with Crippen molar-refractivity contribution in [2.45, 2.75) is 29.0 Å². The second-order valence-corrected chi connectivity index (χ2v) is 9.72. The summed E-state index contributed by atoms with van der Waals surface area (Å²) in [5.74, 6) is 0.518. The fraction of sp³-hybridized carbons (Fsp3) is 0.360. The summed E-state index contributed by atoms with van der Waals surface area (Å²) in [4.78, 5) is 6.31. The predicted molar refractivity (Wildman–Crippen MR) is 124 cm³/mol. The number of anilines is 1. The second kappa shape index (κ2) is 7.92. The van der Waals surface area contributed by atoms with Crippen LogP contribution in [0.25, 0.3) is 0 Å². The van der Waals surface area contributed by atoms with Crippen LogP contribution >= 0.6 is 11.8 Å². The highest BCUT2D eigenvalue weighted by Crippen LogP contribution is 2.45. The Morgan fingerprint density at radius 3 is 2.97 bits per heavy atom. The molecule has 0 fully saturated rings. The van der Waals surface area contributed by atoms with Crippen LogP contribution < -0.4 is 10.2 Å². The van der Waals surface area contributed by atoms with Crippen molar-refractivity contribution in [2.24, 2.45) is 5.92 Å². The Labute approximate surface area is 178 Å². The number of hydrogen-bond donors (Lipinski definition) is 1. The standard InChI is InChI=1S/C25H29N3S/c1-27(2)14-5-15-28-22-6-3-4-7-24(22)29-25-17-19(9-11-23(25)28)18-8-10-21-20(16-18)12-13-26-21/h3-4,6-13,17,20,23,25-26H,5,14-16H2,1-2H3. The normalized spacial score (nSPS) is 26.9. The molecule has 4 heteroatoms. The molecule has 0 aromatic heterocycles. The Bertz CT molecular complexity index is 937. The molecule has 3 nitrogen and oxygen atoms in total. The summed E-state index contributed by atoms with van der Waals surface area (Å²) in [6.07, 6.45) is 18.5. The lowest BCUT2D eigenvalue weighted by molar-refractivity contribution is 0.398. The van der Waals surface area contributed by atoms with Gasteiger partial charge >= 0.3 is 0 Å². The Hall–Kier alpha value is -2.17. The molecule has 0 bridgehead atoms. The van der Waals surface area contributed by atoms with Gasteiger partial charge in [0.25, 0.3) is 0 Å². The van der Waals surface area contributed by atoms with E-state index in [-0.39, 0.29) is 0 Å². The summed E-state index contributed by atoms with van der Waals surface area (Å²) >= 11 is 2.02. The Balaban J connectivity index is 1.40. The number of fused-ring (bicyclic) bond motifs is 3. The van der Waals surface area contributed by atoms with Crippen molar-refractivity contribution in [3.8, 4) is 0 Å². The minimum absolute atomic E-state index is 0.434. The minimum atomic E-state index is 0.434. The first-order chi connectivity index (χ1) is 14.2. The van der Waals surface area contributed by atoms with Crippen molar-refractivity contribution in [3.63, 3.8) is 0 Å². The maximum absolute atomic E-state index is 3.36. The Morgan fingerprint density at radius 2 is 2.07 bits per heavy atom. The third-order valence-corrected chi connectivity index (χ3v) is 7.49. The van der Waals surface area contributed by atoms with Crippen LogP contribution in [0.3, 0.4) is 0 Å². The Kier molecular flexibility index (Phi) is 5.15. The molecule has 0 amide bonds. The van der Waals surface area contributed by atoms with Crippen LogP contribution in [0.1, 0.15) is 12.8 Å². The van der Waals surface area contributed by atoms with Gasteiger partial charge in [0, 0.05) is 23.1 Å². The van der Waals surface area contributed by atoms with E-state index in [1.807, 2.05) is 11.8 Å². The molecule has 2 heterocycles. The molecular weight excluding hydrogens is 374 g/mol. The van der Waals surface area contributed by atoms with Crippen LogP contribution in [-0.2, 0) is 0 Å². The zero-order valence-corrected chi connectivity index (χ0v) is 18.0. The number of nitrogens with one attached hydrogen (secondary N) is 1. The SMILES string of the molecule is CN(C)CCCN1c2ccccc2SC2C=C(C3=CC=C4NC=CC4C3)C=CC21. The van der Waals surface area contributed by atoms with Crippen LogP contribution in [-0.4, -0.2) is 43.4 Å². The number of hydrogen-bond acceptors (Lipinski definition) is 4. The van der Waals surface area contributed by atoms with Crippen molar-refractivity contribution in [2.75, 3.05) is 32.1 Å². The van der Waals surface area contributed by atoms with Gasteiger partial charge in [-0.05, 0) is 69.0 Å². The highest BCUT2D eigenvalue weighted by molar-refractivity contribution is 8.00. The molecule has 29 heavy (non-hydrogen) atoms. The fourth-order valence-electron chi connectivity index (χ4n) is 4.70. The predicted octanol–water partition coefficient (Wildman–Crippen LogP) is 4.73. The lowest BCUT2D eigenvalue weighted by Crippen LogP contribution is -2.45. The van der Waals surface area contributed by atoms with Gasteiger partial charge < -0.3 is 15.1 Å². The first-order valence-corrected chi connectivity index (χ1v) is 11.5. The van der Waals surface area contributed by atoms with Gasteiger partial charge in [-0.1, -0.05) is 42.5 Å². The van der Waals surface area contributed by atoms with Crippen LogP contribution in [0.15, 0.2) is 88.7 Å². The van der Waals surface area contributed by atoms with E-state index in [0.717, 1.165) is 19.5 Å². The Morgan fingerprint density at radius 1 is 1.17 bits per heavy atom. The van der Waals surface area contributed by atoms with E-state index in [9.17, 15) is 0 Å². The molecule has 2 aliphatic carbocycles. The zero-order valence-electron chi connectivity index (χ0n) is 17.2. The zero-order chi connectivity index (χ0) is 19.8. The van der Waals surface area contributed by atoms with Gasteiger partial charge in [0.2, 0.25) is 0 Å². The first kappa shape index (κ1) is 18.8. The first-order valence-electron chi connectivity index (χ1n) is 10.6. The molecule has 1 aromatic carbocycles. The highest BCUT2D eigenvalue weighted by Gasteiger charge is 2.34. The van der Waals surface area contributed by atoms with E-state index in [1.165, 1.54) is 33.8 Å².